The minimum absolute atomic E-state index is 0.0526. The van der Waals surface area contributed by atoms with Gasteiger partial charge in [-0.3, -0.25) is 14.4 Å². The van der Waals surface area contributed by atoms with E-state index < -0.39 is 12.0 Å². The van der Waals surface area contributed by atoms with Crippen LogP contribution in [0, 0.1) is 11.8 Å². The molecule has 0 saturated carbocycles. The first-order chi connectivity index (χ1) is 13.5. The van der Waals surface area contributed by atoms with Gasteiger partial charge in [-0.15, -0.1) is 10.2 Å². The summed E-state index contributed by atoms with van der Waals surface area (Å²) < 4.78 is 6.73. The van der Waals surface area contributed by atoms with Gasteiger partial charge in [0, 0.05) is 26.7 Å². The van der Waals surface area contributed by atoms with E-state index in [-0.39, 0.29) is 23.7 Å². The molecule has 9 nitrogen and oxygen atoms in total. The Kier molecular flexibility index (Phi) is 6.11. The maximum absolute atomic E-state index is 13.4. The van der Waals surface area contributed by atoms with Crippen molar-refractivity contribution in [3.63, 3.8) is 0 Å². The SMILES string of the molecule is C=CC(=O)N1CCCC(C(=O)N2CCC[C@@H](C(=O)OC)[C@H]2c2nncn2C)C1. The number of methoxy groups -OCH3 is 1. The zero-order chi connectivity index (χ0) is 20.3. The molecule has 3 heterocycles. The first-order valence-electron chi connectivity index (χ1n) is 9.61. The molecule has 1 aromatic heterocycles. The Morgan fingerprint density at radius 2 is 2.00 bits per heavy atom. The van der Waals surface area contributed by atoms with Crippen molar-refractivity contribution in [2.24, 2.45) is 18.9 Å². The van der Waals surface area contributed by atoms with Gasteiger partial charge in [-0.25, -0.2) is 0 Å². The van der Waals surface area contributed by atoms with Gasteiger partial charge < -0.3 is 19.1 Å². The van der Waals surface area contributed by atoms with E-state index in [0.717, 1.165) is 6.42 Å². The summed E-state index contributed by atoms with van der Waals surface area (Å²) in [6, 6.07) is -0.522. The lowest BCUT2D eigenvalue weighted by Crippen LogP contribution is -2.51. The number of nitrogens with zero attached hydrogens (tertiary/aromatic N) is 5. The number of rotatable bonds is 4. The van der Waals surface area contributed by atoms with E-state index in [0.29, 0.717) is 44.7 Å². The third-order valence-electron chi connectivity index (χ3n) is 5.69. The summed E-state index contributed by atoms with van der Waals surface area (Å²) in [4.78, 5) is 41.3. The van der Waals surface area contributed by atoms with Crippen LogP contribution in [0.1, 0.15) is 37.5 Å². The van der Waals surface area contributed by atoms with Crippen molar-refractivity contribution in [2.45, 2.75) is 31.7 Å². The molecule has 3 atom stereocenters. The quantitative estimate of drug-likeness (QED) is 0.555. The number of hydrogen-bond acceptors (Lipinski definition) is 6. The van der Waals surface area contributed by atoms with Crippen molar-refractivity contribution < 1.29 is 19.1 Å². The van der Waals surface area contributed by atoms with Gasteiger partial charge in [0.25, 0.3) is 0 Å². The van der Waals surface area contributed by atoms with E-state index in [1.165, 1.54) is 13.2 Å². The Morgan fingerprint density at radius 1 is 1.25 bits per heavy atom. The first kappa shape index (κ1) is 20.0. The molecule has 0 radical (unpaired) electrons. The van der Waals surface area contributed by atoms with Crippen LogP contribution < -0.4 is 0 Å². The average molecular weight is 389 g/mol. The van der Waals surface area contributed by atoms with E-state index in [9.17, 15) is 14.4 Å². The molecule has 2 aliphatic rings. The first-order valence-corrected chi connectivity index (χ1v) is 9.61. The third kappa shape index (κ3) is 3.79. The van der Waals surface area contributed by atoms with Crippen LogP contribution in [0.15, 0.2) is 19.0 Å². The second kappa shape index (κ2) is 8.53. The Bertz CT molecular complexity index is 761. The molecule has 3 rings (SSSR count). The number of hydrogen-bond donors (Lipinski definition) is 0. The van der Waals surface area contributed by atoms with Gasteiger partial charge in [0.15, 0.2) is 5.82 Å². The fourth-order valence-electron chi connectivity index (χ4n) is 4.26. The highest BCUT2D eigenvalue weighted by Gasteiger charge is 2.44. The number of esters is 1. The number of carbonyl (C=O) groups is 3. The highest BCUT2D eigenvalue weighted by Crippen LogP contribution is 2.37. The van der Waals surface area contributed by atoms with Gasteiger partial charge in [-0.05, 0) is 31.8 Å². The molecule has 0 bridgehead atoms. The van der Waals surface area contributed by atoms with Crippen molar-refractivity contribution in [3.05, 3.63) is 24.8 Å². The van der Waals surface area contributed by atoms with Gasteiger partial charge in [0.05, 0.1) is 18.9 Å². The molecule has 1 aromatic rings. The lowest BCUT2D eigenvalue weighted by molar-refractivity contribution is -0.155. The topological polar surface area (TPSA) is 97.6 Å². The second-order valence-corrected chi connectivity index (χ2v) is 7.38. The minimum Gasteiger partial charge on any atom is -0.469 e. The standard InChI is InChI=1S/C19H27N5O4/c1-4-15(25)23-9-5-7-13(11-23)18(26)24-10-6-8-14(19(27)28-3)16(24)17-21-20-12-22(17)2/h4,12-14,16H,1,5-11H2,2-3H3/t13?,14-,16+/m1/s1. The Morgan fingerprint density at radius 3 is 2.64 bits per heavy atom. The number of piperidine rings is 2. The summed E-state index contributed by atoms with van der Waals surface area (Å²) in [7, 11) is 3.16. The molecule has 2 fully saturated rings. The molecular formula is C19H27N5O4. The van der Waals surface area contributed by atoms with Crippen LogP contribution in [-0.2, 0) is 26.2 Å². The number of likely N-dealkylation sites (tertiary alicyclic amines) is 2. The normalized spacial score (nSPS) is 25.3. The zero-order valence-electron chi connectivity index (χ0n) is 16.4. The van der Waals surface area contributed by atoms with Crippen LogP contribution in [0.5, 0.6) is 0 Å². The van der Waals surface area contributed by atoms with E-state index in [2.05, 4.69) is 16.8 Å². The van der Waals surface area contributed by atoms with Crippen molar-refractivity contribution in [3.8, 4) is 0 Å². The molecular weight excluding hydrogens is 362 g/mol. The van der Waals surface area contributed by atoms with Crippen molar-refractivity contribution in [1.82, 2.24) is 24.6 Å². The van der Waals surface area contributed by atoms with Crippen LogP contribution >= 0.6 is 0 Å². The molecule has 28 heavy (non-hydrogen) atoms. The number of aromatic nitrogens is 3. The third-order valence-corrected chi connectivity index (χ3v) is 5.69. The fourth-order valence-corrected chi connectivity index (χ4v) is 4.26. The minimum atomic E-state index is -0.522. The van der Waals surface area contributed by atoms with E-state index in [1.54, 1.807) is 27.7 Å². The zero-order valence-corrected chi connectivity index (χ0v) is 16.4. The van der Waals surface area contributed by atoms with Crippen molar-refractivity contribution >= 4 is 17.8 Å². The molecule has 2 aliphatic heterocycles. The molecule has 9 heteroatoms. The van der Waals surface area contributed by atoms with Crippen LogP contribution in [0.4, 0.5) is 0 Å². The molecule has 0 N–H and O–H groups in total. The van der Waals surface area contributed by atoms with E-state index in [1.807, 2.05) is 0 Å². The Labute approximate surface area is 164 Å². The number of carbonyl (C=O) groups excluding carboxylic acids is 3. The summed E-state index contributed by atoms with van der Waals surface area (Å²) in [6.07, 6.45) is 5.65. The van der Waals surface area contributed by atoms with E-state index >= 15 is 0 Å². The van der Waals surface area contributed by atoms with Crippen LogP contribution in [0.3, 0.4) is 0 Å². The lowest BCUT2D eigenvalue weighted by Gasteiger charge is -2.42. The number of amides is 2. The van der Waals surface area contributed by atoms with Crippen LogP contribution in [0.2, 0.25) is 0 Å². The summed E-state index contributed by atoms with van der Waals surface area (Å²) in [5, 5.41) is 8.10. The molecule has 0 aliphatic carbocycles. The maximum atomic E-state index is 13.4. The van der Waals surface area contributed by atoms with Crippen molar-refractivity contribution in [1.29, 1.82) is 0 Å². The maximum Gasteiger partial charge on any atom is 0.311 e. The summed E-state index contributed by atoms with van der Waals surface area (Å²) >= 11 is 0. The second-order valence-electron chi connectivity index (χ2n) is 7.38. The predicted molar refractivity (Wildman–Crippen MR) is 99.7 cm³/mol. The van der Waals surface area contributed by atoms with Crippen LogP contribution in [0.25, 0.3) is 0 Å². The van der Waals surface area contributed by atoms with Crippen molar-refractivity contribution in [2.75, 3.05) is 26.7 Å². The Balaban J connectivity index is 1.88. The molecule has 2 saturated heterocycles. The van der Waals surface area contributed by atoms with Gasteiger partial charge in [-0.1, -0.05) is 6.58 Å². The highest BCUT2D eigenvalue weighted by atomic mass is 16.5. The molecule has 2 amide bonds. The largest absolute Gasteiger partial charge is 0.469 e. The van der Waals surface area contributed by atoms with Crippen LogP contribution in [-0.4, -0.2) is 69.1 Å². The predicted octanol–water partition coefficient (Wildman–Crippen LogP) is 0.692. The molecule has 1 unspecified atom stereocenters. The van der Waals surface area contributed by atoms with Gasteiger partial charge in [-0.2, -0.15) is 0 Å². The summed E-state index contributed by atoms with van der Waals surface area (Å²) in [6.45, 7) is 5.07. The average Bonchev–Trinajstić information content (AvgIpc) is 3.16. The fraction of sp³-hybridized carbons (Fsp3) is 0.632. The summed E-state index contributed by atoms with van der Waals surface area (Å²) in [5.74, 6) is -0.780. The molecule has 0 aromatic carbocycles. The summed E-state index contributed by atoms with van der Waals surface area (Å²) in [5.41, 5.74) is 0. The highest BCUT2D eigenvalue weighted by molar-refractivity contribution is 5.88. The monoisotopic (exact) mass is 389 g/mol. The lowest BCUT2D eigenvalue weighted by atomic mass is 9.86. The smallest absolute Gasteiger partial charge is 0.311 e. The number of ether oxygens (including phenoxy) is 1. The molecule has 0 spiro atoms. The van der Waals surface area contributed by atoms with Gasteiger partial charge >= 0.3 is 5.97 Å². The number of aryl methyl sites for hydroxylation is 1. The van der Waals surface area contributed by atoms with E-state index in [4.69, 9.17) is 4.74 Å². The Hall–Kier alpha value is -2.71. The molecule has 152 valence electrons. The van der Waals surface area contributed by atoms with Gasteiger partial charge in [0.2, 0.25) is 11.8 Å². The van der Waals surface area contributed by atoms with Gasteiger partial charge in [0.1, 0.15) is 12.4 Å².